The SMILES string of the molecule is C=C(CC(=O)OC)c1ccc(Cl)cc1. The van der Waals surface area contributed by atoms with Crippen LogP contribution in [0.25, 0.3) is 5.57 Å². The summed E-state index contributed by atoms with van der Waals surface area (Å²) >= 11 is 5.73. The molecule has 0 atom stereocenters. The van der Waals surface area contributed by atoms with Gasteiger partial charge in [-0.1, -0.05) is 30.3 Å². The molecule has 0 heterocycles. The summed E-state index contributed by atoms with van der Waals surface area (Å²) < 4.78 is 4.54. The molecule has 0 saturated heterocycles. The van der Waals surface area contributed by atoms with Crippen LogP contribution in [0.2, 0.25) is 5.02 Å². The number of benzene rings is 1. The fourth-order valence-corrected chi connectivity index (χ4v) is 1.16. The molecule has 0 amide bonds. The van der Waals surface area contributed by atoms with E-state index < -0.39 is 0 Å². The van der Waals surface area contributed by atoms with Crippen molar-refractivity contribution in [2.24, 2.45) is 0 Å². The monoisotopic (exact) mass is 210 g/mol. The largest absolute Gasteiger partial charge is 0.469 e. The molecule has 0 aromatic heterocycles. The molecular weight excluding hydrogens is 200 g/mol. The first-order chi connectivity index (χ1) is 6.63. The summed E-state index contributed by atoms with van der Waals surface area (Å²) in [6, 6.07) is 7.18. The number of hydrogen-bond donors (Lipinski definition) is 0. The van der Waals surface area contributed by atoms with Crippen LogP contribution in [0.3, 0.4) is 0 Å². The second-order valence-electron chi connectivity index (χ2n) is 2.86. The minimum Gasteiger partial charge on any atom is -0.469 e. The Labute approximate surface area is 88.1 Å². The average Bonchev–Trinajstić information content (AvgIpc) is 2.18. The molecule has 3 heteroatoms. The van der Waals surface area contributed by atoms with Crippen molar-refractivity contribution in [1.82, 2.24) is 0 Å². The minimum atomic E-state index is -0.287. The van der Waals surface area contributed by atoms with Crippen LogP contribution in [0.4, 0.5) is 0 Å². The zero-order valence-corrected chi connectivity index (χ0v) is 8.67. The van der Waals surface area contributed by atoms with Crippen molar-refractivity contribution in [3.63, 3.8) is 0 Å². The highest BCUT2D eigenvalue weighted by molar-refractivity contribution is 6.30. The van der Waals surface area contributed by atoms with Crippen LogP contribution in [0.5, 0.6) is 0 Å². The molecule has 0 spiro atoms. The van der Waals surface area contributed by atoms with Crippen LogP contribution in [0.1, 0.15) is 12.0 Å². The highest BCUT2D eigenvalue weighted by Gasteiger charge is 2.05. The summed E-state index contributed by atoms with van der Waals surface area (Å²) in [6.07, 6.45) is 0.206. The number of ether oxygens (including phenoxy) is 1. The maximum Gasteiger partial charge on any atom is 0.309 e. The average molecular weight is 211 g/mol. The Morgan fingerprint density at radius 2 is 2.00 bits per heavy atom. The third kappa shape index (κ3) is 2.89. The first-order valence-corrected chi connectivity index (χ1v) is 4.52. The van der Waals surface area contributed by atoms with E-state index in [1.165, 1.54) is 7.11 Å². The van der Waals surface area contributed by atoms with E-state index in [9.17, 15) is 4.79 Å². The molecule has 0 radical (unpaired) electrons. The highest BCUT2D eigenvalue weighted by atomic mass is 35.5. The molecule has 0 saturated carbocycles. The number of carbonyl (C=O) groups excluding carboxylic acids is 1. The zero-order valence-electron chi connectivity index (χ0n) is 7.92. The van der Waals surface area contributed by atoms with Gasteiger partial charge in [0.2, 0.25) is 0 Å². The Hall–Kier alpha value is -1.28. The molecule has 0 aliphatic heterocycles. The quantitative estimate of drug-likeness (QED) is 0.718. The number of methoxy groups -OCH3 is 1. The number of rotatable bonds is 3. The molecule has 0 aliphatic rings. The van der Waals surface area contributed by atoms with Crippen molar-refractivity contribution in [2.45, 2.75) is 6.42 Å². The van der Waals surface area contributed by atoms with Gasteiger partial charge in [0, 0.05) is 5.02 Å². The van der Waals surface area contributed by atoms with Crippen molar-refractivity contribution in [2.75, 3.05) is 7.11 Å². The topological polar surface area (TPSA) is 26.3 Å². The van der Waals surface area contributed by atoms with Gasteiger partial charge in [0.25, 0.3) is 0 Å². The normalized spacial score (nSPS) is 9.57. The van der Waals surface area contributed by atoms with Crippen molar-refractivity contribution >= 4 is 23.1 Å². The standard InChI is InChI=1S/C11H11ClO2/c1-8(7-11(13)14-2)9-3-5-10(12)6-4-9/h3-6H,1,7H2,2H3. The van der Waals surface area contributed by atoms with E-state index in [4.69, 9.17) is 11.6 Å². The lowest BCUT2D eigenvalue weighted by Gasteiger charge is -2.04. The molecule has 0 unspecified atom stereocenters. The van der Waals surface area contributed by atoms with E-state index in [-0.39, 0.29) is 12.4 Å². The molecular formula is C11H11ClO2. The lowest BCUT2D eigenvalue weighted by Crippen LogP contribution is -2.00. The van der Waals surface area contributed by atoms with Gasteiger partial charge in [0.05, 0.1) is 13.5 Å². The van der Waals surface area contributed by atoms with Gasteiger partial charge in [-0.05, 0) is 23.3 Å². The Morgan fingerprint density at radius 3 is 2.50 bits per heavy atom. The van der Waals surface area contributed by atoms with E-state index in [0.29, 0.717) is 5.02 Å². The fourth-order valence-electron chi connectivity index (χ4n) is 1.03. The molecule has 0 aliphatic carbocycles. The van der Waals surface area contributed by atoms with Crippen molar-refractivity contribution in [3.05, 3.63) is 41.4 Å². The van der Waals surface area contributed by atoms with Crippen molar-refractivity contribution in [1.29, 1.82) is 0 Å². The lowest BCUT2D eigenvalue weighted by atomic mass is 10.1. The van der Waals surface area contributed by atoms with Gasteiger partial charge in [0.15, 0.2) is 0 Å². The third-order valence-electron chi connectivity index (χ3n) is 1.84. The van der Waals surface area contributed by atoms with Gasteiger partial charge in [-0.3, -0.25) is 4.79 Å². The lowest BCUT2D eigenvalue weighted by molar-refractivity contribution is -0.139. The second kappa shape index (κ2) is 4.82. The summed E-state index contributed by atoms with van der Waals surface area (Å²) in [4.78, 5) is 11.0. The van der Waals surface area contributed by atoms with E-state index in [0.717, 1.165) is 11.1 Å². The summed E-state index contributed by atoms with van der Waals surface area (Å²) in [7, 11) is 1.36. The van der Waals surface area contributed by atoms with Crippen LogP contribution >= 0.6 is 11.6 Å². The van der Waals surface area contributed by atoms with Crippen LogP contribution < -0.4 is 0 Å². The Bertz CT molecular complexity index is 341. The van der Waals surface area contributed by atoms with Gasteiger partial charge in [-0.25, -0.2) is 0 Å². The number of halogens is 1. The molecule has 0 bridgehead atoms. The Morgan fingerprint density at radius 1 is 1.43 bits per heavy atom. The van der Waals surface area contributed by atoms with E-state index in [2.05, 4.69) is 11.3 Å². The maximum atomic E-state index is 11.0. The summed E-state index contributed by atoms with van der Waals surface area (Å²) in [5.74, 6) is -0.287. The Balaban J connectivity index is 2.70. The molecule has 14 heavy (non-hydrogen) atoms. The van der Waals surface area contributed by atoms with Crippen molar-refractivity contribution in [3.8, 4) is 0 Å². The molecule has 2 nitrogen and oxygen atoms in total. The number of carbonyl (C=O) groups is 1. The van der Waals surface area contributed by atoms with Gasteiger partial charge >= 0.3 is 5.97 Å². The maximum absolute atomic E-state index is 11.0. The zero-order chi connectivity index (χ0) is 10.6. The predicted octanol–water partition coefficient (Wildman–Crippen LogP) is 2.92. The first kappa shape index (κ1) is 10.8. The van der Waals surface area contributed by atoms with Gasteiger partial charge < -0.3 is 4.74 Å². The highest BCUT2D eigenvalue weighted by Crippen LogP contribution is 2.18. The second-order valence-corrected chi connectivity index (χ2v) is 3.30. The smallest absolute Gasteiger partial charge is 0.309 e. The summed E-state index contributed by atoms with van der Waals surface area (Å²) in [5.41, 5.74) is 1.63. The predicted molar refractivity (Wildman–Crippen MR) is 57.1 cm³/mol. The molecule has 1 aromatic carbocycles. The van der Waals surface area contributed by atoms with Gasteiger partial charge in [0.1, 0.15) is 0 Å². The van der Waals surface area contributed by atoms with Crippen LogP contribution in [-0.4, -0.2) is 13.1 Å². The van der Waals surface area contributed by atoms with Crippen LogP contribution in [0, 0.1) is 0 Å². The number of hydrogen-bond acceptors (Lipinski definition) is 2. The summed E-state index contributed by atoms with van der Waals surface area (Å²) in [6.45, 7) is 3.80. The van der Waals surface area contributed by atoms with Crippen molar-refractivity contribution < 1.29 is 9.53 Å². The third-order valence-corrected chi connectivity index (χ3v) is 2.09. The first-order valence-electron chi connectivity index (χ1n) is 4.14. The molecule has 74 valence electrons. The van der Waals surface area contributed by atoms with Crippen LogP contribution in [0.15, 0.2) is 30.8 Å². The number of esters is 1. The van der Waals surface area contributed by atoms with Gasteiger partial charge in [-0.15, -0.1) is 0 Å². The molecule has 0 fully saturated rings. The molecule has 1 rings (SSSR count). The van der Waals surface area contributed by atoms with E-state index in [1.807, 2.05) is 12.1 Å². The summed E-state index contributed by atoms with van der Waals surface area (Å²) in [5, 5.41) is 0.666. The molecule has 0 N–H and O–H groups in total. The molecule has 1 aromatic rings. The Kier molecular flexibility index (Phi) is 3.72. The van der Waals surface area contributed by atoms with E-state index in [1.54, 1.807) is 12.1 Å². The van der Waals surface area contributed by atoms with Crippen LogP contribution in [-0.2, 0) is 9.53 Å². The van der Waals surface area contributed by atoms with Gasteiger partial charge in [-0.2, -0.15) is 0 Å². The minimum absolute atomic E-state index is 0.206. The van der Waals surface area contributed by atoms with E-state index >= 15 is 0 Å². The fraction of sp³-hybridized carbons (Fsp3) is 0.182.